The second-order valence-corrected chi connectivity index (χ2v) is 6.84. The van der Waals surface area contributed by atoms with E-state index >= 15 is 0 Å². The molecule has 0 fully saturated rings. The molecule has 1 aromatic carbocycles. The molecule has 1 aromatic heterocycles. The molecule has 25 heavy (non-hydrogen) atoms. The fourth-order valence-corrected chi connectivity index (χ4v) is 3.40. The lowest BCUT2D eigenvalue weighted by Crippen LogP contribution is -2.38. The average Bonchev–Trinajstić information content (AvgIpc) is 2.84. The maximum atomic E-state index is 5.33. The van der Waals surface area contributed by atoms with Gasteiger partial charge in [0.25, 0.3) is 0 Å². The molecule has 6 nitrogen and oxygen atoms in total. The normalized spacial score (nSPS) is 15.1. The molecule has 3 rings (SSSR count). The Bertz CT molecular complexity index is 713. The third-order valence-electron chi connectivity index (χ3n) is 4.30. The SMILES string of the molecule is COC[C@H](C)NC(=S)Nc1ccc(-c2nnc3n2CCCCC3)cc1. The van der Waals surface area contributed by atoms with Gasteiger partial charge in [-0.25, -0.2) is 0 Å². The van der Waals surface area contributed by atoms with Crippen molar-refractivity contribution in [3.63, 3.8) is 0 Å². The quantitative estimate of drug-likeness (QED) is 0.800. The third kappa shape index (κ3) is 4.55. The van der Waals surface area contributed by atoms with Gasteiger partial charge in [-0.3, -0.25) is 0 Å². The van der Waals surface area contributed by atoms with E-state index in [1.165, 1.54) is 19.3 Å². The zero-order chi connectivity index (χ0) is 17.6. The summed E-state index contributed by atoms with van der Waals surface area (Å²) in [6.45, 7) is 3.64. The molecule has 2 N–H and O–H groups in total. The first-order valence-electron chi connectivity index (χ1n) is 8.76. The second-order valence-electron chi connectivity index (χ2n) is 6.43. The van der Waals surface area contributed by atoms with Crippen LogP contribution in [0.25, 0.3) is 11.4 Å². The van der Waals surface area contributed by atoms with Crippen LogP contribution in [0, 0.1) is 0 Å². The summed E-state index contributed by atoms with van der Waals surface area (Å²) in [5.41, 5.74) is 2.03. The number of ether oxygens (including phenoxy) is 1. The van der Waals surface area contributed by atoms with Gasteiger partial charge in [0.2, 0.25) is 0 Å². The molecule has 2 heterocycles. The largest absolute Gasteiger partial charge is 0.383 e. The van der Waals surface area contributed by atoms with Crippen LogP contribution in [0.5, 0.6) is 0 Å². The number of anilines is 1. The number of hydrogen-bond donors (Lipinski definition) is 2. The van der Waals surface area contributed by atoms with Crippen LogP contribution in [0.15, 0.2) is 24.3 Å². The van der Waals surface area contributed by atoms with Crippen LogP contribution in [-0.4, -0.2) is 39.6 Å². The monoisotopic (exact) mass is 359 g/mol. The maximum absolute atomic E-state index is 5.33. The van der Waals surface area contributed by atoms with E-state index in [1.807, 2.05) is 19.1 Å². The molecule has 1 aliphatic rings. The molecule has 7 heteroatoms. The number of methoxy groups -OCH3 is 1. The van der Waals surface area contributed by atoms with Crippen molar-refractivity contribution in [2.45, 2.75) is 45.2 Å². The number of nitrogens with one attached hydrogen (secondary N) is 2. The van der Waals surface area contributed by atoms with E-state index in [2.05, 4.69) is 37.5 Å². The lowest BCUT2D eigenvalue weighted by Gasteiger charge is -2.16. The molecule has 1 atom stereocenters. The predicted molar refractivity (Wildman–Crippen MR) is 104 cm³/mol. The van der Waals surface area contributed by atoms with E-state index in [1.54, 1.807) is 7.11 Å². The highest BCUT2D eigenvalue weighted by molar-refractivity contribution is 7.80. The predicted octanol–water partition coefficient (Wildman–Crippen LogP) is 2.99. The van der Waals surface area contributed by atoms with Crippen LogP contribution in [0.1, 0.15) is 32.0 Å². The average molecular weight is 359 g/mol. The summed E-state index contributed by atoms with van der Waals surface area (Å²) in [5.74, 6) is 2.06. The minimum atomic E-state index is 0.163. The van der Waals surface area contributed by atoms with Crippen molar-refractivity contribution >= 4 is 23.0 Å². The molecule has 0 bridgehead atoms. The number of hydrogen-bond acceptors (Lipinski definition) is 4. The molecule has 134 valence electrons. The molecule has 0 spiro atoms. The minimum Gasteiger partial charge on any atom is -0.383 e. The van der Waals surface area contributed by atoms with Crippen LogP contribution in [-0.2, 0) is 17.7 Å². The molecule has 0 aliphatic carbocycles. The van der Waals surface area contributed by atoms with Gasteiger partial charge in [0.15, 0.2) is 10.9 Å². The van der Waals surface area contributed by atoms with Gasteiger partial charge >= 0.3 is 0 Å². The molecule has 0 saturated carbocycles. The summed E-state index contributed by atoms with van der Waals surface area (Å²) in [6, 6.07) is 8.32. The van der Waals surface area contributed by atoms with Gasteiger partial charge in [-0.05, 0) is 56.2 Å². The fourth-order valence-electron chi connectivity index (χ4n) is 3.08. The van der Waals surface area contributed by atoms with Crippen molar-refractivity contribution in [2.24, 2.45) is 0 Å². The van der Waals surface area contributed by atoms with Crippen molar-refractivity contribution in [1.82, 2.24) is 20.1 Å². The van der Waals surface area contributed by atoms with Gasteiger partial charge in [0.1, 0.15) is 5.82 Å². The Morgan fingerprint density at radius 2 is 2.04 bits per heavy atom. The van der Waals surface area contributed by atoms with E-state index in [0.717, 1.165) is 35.9 Å². The first-order valence-corrected chi connectivity index (χ1v) is 9.17. The number of rotatable bonds is 5. The molecule has 0 amide bonds. The molecular weight excluding hydrogens is 334 g/mol. The van der Waals surface area contributed by atoms with Crippen LogP contribution in [0.3, 0.4) is 0 Å². The molecule has 1 aliphatic heterocycles. The third-order valence-corrected chi connectivity index (χ3v) is 4.52. The van der Waals surface area contributed by atoms with Crippen molar-refractivity contribution < 1.29 is 4.74 Å². The summed E-state index contributed by atoms with van der Waals surface area (Å²) >= 11 is 5.33. The standard InChI is InChI=1S/C18H25N5OS/c1-13(12-24-2)19-18(25)20-15-9-7-14(8-10-15)17-22-21-16-6-4-3-5-11-23(16)17/h7-10,13H,3-6,11-12H2,1-2H3,(H2,19,20,25)/t13-/m0/s1. The molecule has 0 radical (unpaired) electrons. The lowest BCUT2D eigenvalue weighted by molar-refractivity contribution is 0.179. The van der Waals surface area contributed by atoms with Crippen molar-refractivity contribution in [3.8, 4) is 11.4 Å². The first kappa shape index (κ1) is 17.8. The Morgan fingerprint density at radius 3 is 2.80 bits per heavy atom. The number of aryl methyl sites for hydroxylation is 1. The summed E-state index contributed by atoms with van der Waals surface area (Å²) < 4.78 is 7.36. The highest BCUT2D eigenvalue weighted by Crippen LogP contribution is 2.23. The maximum Gasteiger partial charge on any atom is 0.171 e. The van der Waals surface area contributed by atoms with E-state index in [9.17, 15) is 0 Å². The Labute approximate surface area is 154 Å². The minimum absolute atomic E-state index is 0.163. The fraction of sp³-hybridized carbons (Fsp3) is 0.500. The van der Waals surface area contributed by atoms with Gasteiger partial charge in [0, 0.05) is 37.4 Å². The number of nitrogens with zero attached hydrogens (tertiary/aromatic N) is 3. The van der Waals surface area contributed by atoms with Crippen LogP contribution in [0.2, 0.25) is 0 Å². The van der Waals surface area contributed by atoms with Gasteiger partial charge in [0.05, 0.1) is 6.61 Å². The smallest absolute Gasteiger partial charge is 0.171 e. The zero-order valence-electron chi connectivity index (χ0n) is 14.8. The van der Waals surface area contributed by atoms with E-state index in [0.29, 0.717) is 11.7 Å². The van der Waals surface area contributed by atoms with E-state index < -0.39 is 0 Å². The number of fused-ring (bicyclic) bond motifs is 1. The number of benzene rings is 1. The summed E-state index contributed by atoms with van der Waals surface area (Å²) in [7, 11) is 1.68. The highest BCUT2D eigenvalue weighted by atomic mass is 32.1. The van der Waals surface area contributed by atoms with E-state index in [4.69, 9.17) is 17.0 Å². The van der Waals surface area contributed by atoms with Crippen molar-refractivity contribution in [2.75, 3.05) is 19.0 Å². The van der Waals surface area contributed by atoms with Crippen LogP contribution < -0.4 is 10.6 Å². The first-order chi connectivity index (χ1) is 12.2. The van der Waals surface area contributed by atoms with Gasteiger partial charge < -0.3 is 19.9 Å². The summed E-state index contributed by atoms with van der Waals surface area (Å²) in [6.07, 6.45) is 4.67. The van der Waals surface area contributed by atoms with Gasteiger partial charge in [-0.15, -0.1) is 10.2 Å². The Morgan fingerprint density at radius 1 is 1.24 bits per heavy atom. The highest BCUT2D eigenvalue weighted by Gasteiger charge is 2.15. The Balaban J connectivity index is 1.67. The van der Waals surface area contributed by atoms with Crippen LogP contribution >= 0.6 is 12.2 Å². The second kappa shape index (κ2) is 8.40. The molecule has 0 saturated heterocycles. The zero-order valence-corrected chi connectivity index (χ0v) is 15.6. The van der Waals surface area contributed by atoms with Crippen LogP contribution in [0.4, 0.5) is 5.69 Å². The number of thiocarbonyl (C=S) groups is 1. The Kier molecular flexibility index (Phi) is 5.99. The van der Waals surface area contributed by atoms with E-state index in [-0.39, 0.29) is 6.04 Å². The topological polar surface area (TPSA) is 64.0 Å². The molecule has 0 unspecified atom stereocenters. The van der Waals surface area contributed by atoms with Crippen molar-refractivity contribution in [1.29, 1.82) is 0 Å². The summed E-state index contributed by atoms with van der Waals surface area (Å²) in [4.78, 5) is 0. The lowest BCUT2D eigenvalue weighted by atomic mass is 10.2. The summed E-state index contributed by atoms with van der Waals surface area (Å²) in [5, 5.41) is 15.7. The number of aromatic nitrogens is 3. The van der Waals surface area contributed by atoms with Crippen molar-refractivity contribution in [3.05, 3.63) is 30.1 Å². The van der Waals surface area contributed by atoms with Gasteiger partial charge in [-0.1, -0.05) is 6.42 Å². The van der Waals surface area contributed by atoms with Gasteiger partial charge in [-0.2, -0.15) is 0 Å². The Hall–Kier alpha value is -1.99. The molecule has 2 aromatic rings. The molecular formula is C18H25N5OS.